The van der Waals surface area contributed by atoms with Gasteiger partial charge in [-0.05, 0) is 19.1 Å². The summed E-state index contributed by atoms with van der Waals surface area (Å²) < 4.78 is 4.98. The van der Waals surface area contributed by atoms with Crippen LogP contribution in [-0.2, 0) is 0 Å². The zero-order valence-electron chi connectivity index (χ0n) is 7.91. The highest BCUT2D eigenvalue weighted by Crippen LogP contribution is 2.38. The van der Waals surface area contributed by atoms with E-state index in [1.165, 1.54) is 13.2 Å². The predicted octanol–water partition coefficient (Wildman–Crippen LogP) is 2.68. The summed E-state index contributed by atoms with van der Waals surface area (Å²) >= 11 is 5.95. The number of methoxy groups -OCH3 is 1. The second kappa shape index (κ2) is 4.21. The van der Waals surface area contributed by atoms with Gasteiger partial charge in [-0.3, -0.25) is 0 Å². The first-order chi connectivity index (χ1) is 6.61. The lowest BCUT2D eigenvalue weighted by Crippen LogP contribution is -1.94. The van der Waals surface area contributed by atoms with Crippen LogP contribution >= 0.6 is 11.6 Å². The first kappa shape index (κ1) is 10.7. The van der Waals surface area contributed by atoms with E-state index in [-0.39, 0.29) is 5.75 Å². The number of rotatable bonds is 2. The van der Waals surface area contributed by atoms with Crippen molar-refractivity contribution in [3.63, 3.8) is 0 Å². The van der Waals surface area contributed by atoms with Gasteiger partial charge in [-0.1, -0.05) is 11.6 Å². The molecule has 0 aliphatic carbocycles. The van der Waals surface area contributed by atoms with E-state index in [1.54, 1.807) is 13.0 Å². The molecule has 0 spiro atoms. The van der Waals surface area contributed by atoms with E-state index in [0.717, 1.165) is 0 Å². The van der Waals surface area contributed by atoms with Crippen molar-refractivity contribution in [3.05, 3.63) is 22.7 Å². The highest BCUT2D eigenvalue weighted by Gasteiger charge is 2.17. The van der Waals surface area contributed by atoms with Gasteiger partial charge in [0.15, 0.2) is 0 Å². The van der Waals surface area contributed by atoms with Crippen molar-refractivity contribution in [2.45, 2.75) is 12.8 Å². The number of nitrogens with zero attached hydrogens (tertiary/aromatic N) is 1. The SMILES string of the molecule is COc1ccc(O)c(C(C)C#N)c1Cl. The van der Waals surface area contributed by atoms with Gasteiger partial charge in [-0.25, -0.2) is 0 Å². The minimum Gasteiger partial charge on any atom is -0.508 e. The highest BCUT2D eigenvalue weighted by molar-refractivity contribution is 6.33. The van der Waals surface area contributed by atoms with E-state index in [4.69, 9.17) is 21.6 Å². The Kier molecular flexibility index (Phi) is 3.21. The molecule has 14 heavy (non-hydrogen) atoms. The van der Waals surface area contributed by atoms with Crippen LogP contribution in [0.3, 0.4) is 0 Å². The van der Waals surface area contributed by atoms with Crippen LogP contribution in [0.25, 0.3) is 0 Å². The maximum absolute atomic E-state index is 9.52. The van der Waals surface area contributed by atoms with E-state index < -0.39 is 5.92 Å². The van der Waals surface area contributed by atoms with Gasteiger partial charge in [0.25, 0.3) is 0 Å². The third-order valence-electron chi connectivity index (χ3n) is 1.97. The van der Waals surface area contributed by atoms with Crippen molar-refractivity contribution in [1.82, 2.24) is 0 Å². The zero-order chi connectivity index (χ0) is 10.7. The first-order valence-electron chi connectivity index (χ1n) is 4.06. The van der Waals surface area contributed by atoms with Gasteiger partial charge in [0.05, 0.1) is 24.1 Å². The van der Waals surface area contributed by atoms with Gasteiger partial charge in [0, 0.05) is 5.56 Å². The number of phenols is 1. The van der Waals surface area contributed by atoms with E-state index in [0.29, 0.717) is 16.3 Å². The molecule has 0 fully saturated rings. The third kappa shape index (κ3) is 1.75. The molecule has 0 bridgehead atoms. The molecule has 1 unspecified atom stereocenters. The molecule has 0 amide bonds. The van der Waals surface area contributed by atoms with Crippen LogP contribution in [0.15, 0.2) is 12.1 Å². The molecule has 1 atom stereocenters. The lowest BCUT2D eigenvalue weighted by atomic mass is 10.0. The second-order valence-corrected chi connectivity index (χ2v) is 3.24. The fraction of sp³-hybridized carbons (Fsp3) is 0.300. The van der Waals surface area contributed by atoms with Gasteiger partial charge in [0.1, 0.15) is 11.5 Å². The van der Waals surface area contributed by atoms with Gasteiger partial charge in [-0.15, -0.1) is 0 Å². The average molecular weight is 212 g/mol. The molecule has 74 valence electrons. The Morgan fingerprint density at radius 3 is 2.71 bits per heavy atom. The Hall–Kier alpha value is -1.40. The van der Waals surface area contributed by atoms with Crippen LogP contribution in [0.5, 0.6) is 11.5 Å². The monoisotopic (exact) mass is 211 g/mol. The topological polar surface area (TPSA) is 53.2 Å². The predicted molar refractivity (Wildman–Crippen MR) is 53.7 cm³/mol. The first-order valence-corrected chi connectivity index (χ1v) is 4.44. The van der Waals surface area contributed by atoms with Crippen LogP contribution in [-0.4, -0.2) is 12.2 Å². The molecule has 0 saturated carbocycles. The minimum absolute atomic E-state index is 0.0184. The molecule has 0 heterocycles. The summed E-state index contributed by atoms with van der Waals surface area (Å²) in [5.74, 6) is 0.0176. The summed E-state index contributed by atoms with van der Waals surface area (Å²) in [6.07, 6.45) is 0. The van der Waals surface area contributed by atoms with Gasteiger partial charge >= 0.3 is 0 Å². The molecule has 1 rings (SSSR count). The van der Waals surface area contributed by atoms with Crippen molar-refractivity contribution in [3.8, 4) is 17.6 Å². The Labute approximate surface area is 87.5 Å². The van der Waals surface area contributed by atoms with Crippen molar-refractivity contribution < 1.29 is 9.84 Å². The number of nitriles is 1. The van der Waals surface area contributed by atoms with Crippen LogP contribution in [0.1, 0.15) is 18.4 Å². The fourth-order valence-electron chi connectivity index (χ4n) is 1.20. The molecule has 0 aliphatic rings. The molecular weight excluding hydrogens is 202 g/mol. The van der Waals surface area contributed by atoms with Crippen molar-refractivity contribution in [2.75, 3.05) is 7.11 Å². The number of aromatic hydroxyl groups is 1. The number of phenolic OH excluding ortho intramolecular Hbond substituents is 1. The molecule has 1 N–H and O–H groups in total. The number of hydrogen-bond donors (Lipinski definition) is 1. The number of benzene rings is 1. The smallest absolute Gasteiger partial charge is 0.138 e. The lowest BCUT2D eigenvalue weighted by Gasteiger charge is -2.11. The summed E-state index contributed by atoms with van der Waals surface area (Å²) in [5, 5.41) is 18.6. The largest absolute Gasteiger partial charge is 0.508 e. The Bertz CT molecular complexity index is 384. The Balaban J connectivity index is 3.34. The van der Waals surface area contributed by atoms with Gasteiger partial charge in [0.2, 0.25) is 0 Å². The summed E-state index contributed by atoms with van der Waals surface area (Å²) in [5.41, 5.74) is 0.411. The molecule has 3 nitrogen and oxygen atoms in total. The number of halogens is 1. The Morgan fingerprint density at radius 2 is 2.21 bits per heavy atom. The van der Waals surface area contributed by atoms with E-state index in [2.05, 4.69) is 0 Å². The normalized spacial score (nSPS) is 11.9. The zero-order valence-corrected chi connectivity index (χ0v) is 8.67. The molecule has 0 aromatic heterocycles. The average Bonchev–Trinajstić information content (AvgIpc) is 2.18. The summed E-state index contributed by atoms with van der Waals surface area (Å²) in [4.78, 5) is 0. The van der Waals surface area contributed by atoms with Gasteiger partial charge in [-0.2, -0.15) is 5.26 Å². The summed E-state index contributed by atoms with van der Waals surface area (Å²) in [6.45, 7) is 1.67. The van der Waals surface area contributed by atoms with Gasteiger partial charge < -0.3 is 9.84 Å². The number of hydrogen-bond acceptors (Lipinski definition) is 3. The number of ether oxygens (including phenoxy) is 1. The summed E-state index contributed by atoms with van der Waals surface area (Å²) in [7, 11) is 1.49. The van der Waals surface area contributed by atoms with E-state index in [1.807, 2.05) is 6.07 Å². The highest BCUT2D eigenvalue weighted by atomic mass is 35.5. The van der Waals surface area contributed by atoms with Crippen molar-refractivity contribution in [1.29, 1.82) is 5.26 Å². The molecule has 1 aromatic carbocycles. The molecule has 0 saturated heterocycles. The van der Waals surface area contributed by atoms with Crippen LogP contribution in [0.2, 0.25) is 5.02 Å². The fourth-order valence-corrected chi connectivity index (χ4v) is 1.60. The van der Waals surface area contributed by atoms with Crippen LogP contribution in [0, 0.1) is 11.3 Å². The van der Waals surface area contributed by atoms with Crippen LogP contribution in [0.4, 0.5) is 0 Å². The van der Waals surface area contributed by atoms with E-state index >= 15 is 0 Å². The molecular formula is C10H10ClNO2. The Morgan fingerprint density at radius 1 is 1.57 bits per heavy atom. The molecule has 0 radical (unpaired) electrons. The van der Waals surface area contributed by atoms with Crippen molar-refractivity contribution in [2.24, 2.45) is 0 Å². The quantitative estimate of drug-likeness (QED) is 0.818. The lowest BCUT2D eigenvalue weighted by molar-refractivity contribution is 0.411. The minimum atomic E-state index is -0.461. The van der Waals surface area contributed by atoms with Crippen molar-refractivity contribution >= 4 is 11.6 Å². The molecule has 4 heteroatoms. The second-order valence-electron chi connectivity index (χ2n) is 2.87. The van der Waals surface area contributed by atoms with E-state index in [9.17, 15) is 5.11 Å². The maximum Gasteiger partial charge on any atom is 0.138 e. The molecule has 0 aliphatic heterocycles. The maximum atomic E-state index is 9.52. The molecule has 1 aromatic rings. The summed E-state index contributed by atoms with van der Waals surface area (Å²) in [6, 6.07) is 5.04. The third-order valence-corrected chi connectivity index (χ3v) is 2.36. The standard InChI is InChI=1S/C10H10ClNO2/c1-6(5-12)9-7(13)3-4-8(14-2)10(9)11/h3-4,6,13H,1-2H3. The van der Waals surface area contributed by atoms with Crippen LogP contribution < -0.4 is 4.74 Å².